The highest BCUT2D eigenvalue weighted by molar-refractivity contribution is 6.14. The molecule has 1 aromatic heterocycles. The molecule has 6 heteroatoms. The van der Waals surface area contributed by atoms with Crippen molar-refractivity contribution in [2.45, 2.75) is 12.1 Å². The highest BCUT2D eigenvalue weighted by Gasteiger charge is 2.35. The lowest BCUT2D eigenvalue weighted by Crippen LogP contribution is -2.29. The van der Waals surface area contributed by atoms with Crippen molar-refractivity contribution in [3.63, 3.8) is 0 Å². The van der Waals surface area contributed by atoms with Gasteiger partial charge in [0.05, 0.1) is 11.4 Å². The number of aromatic nitrogens is 1. The van der Waals surface area contributed by atoms with Crippen LogP contribution in [0, 0.1) is 0 Å². The smallest absolute Gasteiger partial charge is 0.155 e. The zero-order valence-corrected chi connectivity index (χ0v) is 20.7. The lowest BCUT2D eigenvalue weighted by atomic mass is 9.94. The Morgan fingerprint density at radius 3 is 2.35 bits per heavy atom. The summed E-state index contributed by atoms with van der Waals surface area (Å²) in [6, 6.07) is 33.8. The first-order valence-electron chi connectivity index (χ1n) is 12.3. The number of azo groups is 1. The van der Waals surface area contributed by atoms with Crippen LogP contribution in [0.5, 0.6) is 5.75 Å². The maximum atomic E-state index is 6.69. The first-order valence-corrected chi connectivity index (χ1v) is 12.3. The van der Waals surface area contributed by atoms with Crippen molar-refractivity contribution in [2.24, 2.45) is 15.2 Å². The molecule has 0 spiro atoms. The quantitative estimate of drug-likeness (QED) is 0.260. The number of fused-ring (bicyclic) bond motifs is 2. The van der Waals surface area contributed by atoms with Gasteiger partial charge in [-0.2, -0.15) is 10.2 Å². The van der Waals surface area contributed by atoms with Gasteiger partial charge in [-0.15, -0.1) is 0 Å². The Morgan fingerprint density at radius 1 is 0.811 bits per heavy atom. The van der Waals surface area contributed by atoms with E-state index in [1.807, 2.05) is 87.0 Å². The Hall–Kier alpha value is -4.71. The molecule has 182 valence electrons. The number of aromatic amines is 1. The molecule has 2 heterocycles. The second-order valence-electron chi connectivity index (χ2n) is 9.23. The van der Waals surface area contributed by atoms with Crippen LogP contribution in [0.4, 0.5) is 17.1 Å². The van der Waals surface area contributed by atoms with Crippen molar-refractivity contribution in [1.82, 2.24) is 4.98 Å². The molecule has 0 saturated carbocycles. The second kappa shape index (κ2) is 9.74. The summed E-state index contributed by atoms with van der Waals surface area (Å²) in [5.74, 6) is 0.721. The summed E-state index contributed by atoms with van der Waals surface area (Å²) in [4.78, 5) is 10.6. The van der Waals surface area contributed by atoms with E-state index in [0.717, 1.165) is 50.6 Å². The number of hydrogen-bond acceptors (Lipinski definition) is 5. The number of rotatable bonds is 5. The predicted molar refractivity (Wildman–Crippen MR) is 150 cm³/mol. The molecule has 0 amide bonds. The molecule has 2 unspecified atom stereocenters. The molecule has 6 nitrogen and oxygen atoms in total. The molecule has 6 rings (SSSR count). The van der Waals surface area contributed by atoms with Gasteiger partial charge in [0.1, 0.15) is 11.4 Å². The molecule has 0 aliphatic carbocycles. The Morgan fingerprint density at radius 2 is 1.54 bits per heavy atom. The van der Waals surface area contributed by atoms with Gasteiger partial charge in [-0.25, -0.2) is 4.99 Å². The Balaban J connectivity index is 1.55. The van der Waals surface area contributed by atoms with Crippen LogP contribution in [0.3, 0.4) is 0 Å². The van der Waals surface area contributed by atoms with Gasteiger partial charge in [-0.3, -0.25) is 0 Å². The molecule has 0 radical (unpaired) electrons. The summed E-state index contributed by atoms with van der Waals surface area (Å²) >= 11 is 0. The number of para-hydroxylation sites is 3. The molecule has 1 N–H and O–H groups in total. The lowest BCUT2D eigenvalue weighted by molar-refractivity contribution is 0.198. The van der Waals surface area contributed by atoms with Crippen molar-refractivity contribution in [3.8, 4) is 5.75 Å². The number of aliphatic imine (C=N–C) groups is 1. The Bertz CT molecular complexity index is 1590. The third-order valence-corrected chi connectivity index (χ3v) is 6.58. The van der Waals surface area contributed by atoms with E-state index in [1.54, 1.807) is 0 Å². The molecule has 5 aromatic rings. The topological polar surface area (TPSA) is 65.3 Å². The normalized spacial score (nSPS) is 17.2. The minimum absolute atomic E-state index is 0.431. The number of ether oxygens (including phenoxy) is 1. The van der Waals surface area contributed by atoms with Crippen LogP contribution in [0.25, 0.3) is 10.9 Å². The van der Waals surface area contributed by atoms with E-state index in [-0.39, 0.29) is 0 Å². The van der Waals surface area contributed by atoms with Crippen molar-refractivity contribution in [2.75, 3.05) is 19.0 Å². The Labute approximate surface area is 216 Å². The monoisotopic (exact) mass is 485 g/mol. The molecule has 0 fully saturated rings. The van der Waals surface area contributed by atoms with Crippen LogP contribution >= 0.6 is 0 Å². The molecule has 0 bridgehead atoms. The van der Waals surface area contributed by atoms with Crippen LogP contribution in [-0.4, -0.2) is 30.8 Å². The minimum Gasteiger partial charge on any atom is -0.481 e. The molecule has 37 heavy (non-hydrogen) atoms. The van der Waals surface area contributed by atoms with E-state index < -0.39 is 12.1 Å². The molecular formula is C31H27N5O. The number of H-pyrrole nitrogens is 1. The average Bonchev–Trinajstić information content (AvgIpc) is 3.29. The van der Waals surface area contributed by atoms with Crippen molar-refractivity contribution >= 4 is 33.7 Å². The number of anilines is 1. The maximum Gasteiger partial charge on any atom is 0.155 e. The summed E-state index contributed by atoms with van der Waals surface area (Å²) in [7, 11) is 4.07. The van der Waals surface area contributed by atoms with Crippen LogP contribution in [0.15, 0.2) is 125 Å². The van der Waals surface area contributed by atoms with E-state index >= 15 is 0 Å². The van der Waals surface area contributed by atoms with Crippen LogP contribution in [0.2, 0.25) is 0 Å². The van der Waals surface area contributed by atoms with E-state index in [2.05, 4.69) is 51.4 Å². The minimum atomic E-state index is -0.489. The standard InChI is InChI=1S/C31H27N5O/c1-36(2)23-18-16-21(17-19-23)31-30(35-34-22-10-4-3-5-11-22)29(33-27-14-8-9-15-28(27)37-31)25-20-32-26-13-7-6-12-24(25)26/h3-20,30-32H,1-2H3. The zero-order chi connectivity index (χ0) is 25.2. The fourth-order valence-corrected chi connectivity index (χ4v) is 4.64. The Kier molecular flexibility index (Phi) is 5.98. The van der Waals surface area contributed by atoms with E-state index in [4.69, 9.17) is 14.8 Å². The summed E-state index contributed by atoms with van der Waals surface area (Å²) in [5, 5.41) is 10.6. The first kappa shape index (κ1) is 22.7. The molecule has 1 aliphatic heterocycles. The van der Waals surface area contributed by atoms with E-state index in [1.165, 1.54) is 0 Å². The highest BCUT2D eigenvalue weighted by atomic mass is 16.5. The number of nitrogens with zero attached hydrogens (tertiary/aromatic N) is 4. The second-order valence-corrected chi connectivity index (χ2v) is 9.23. The average molecular weight is 486 g/mol. The molecule has 2 atom stereocenters. The number of hydrogen-bond donors (Lipinski definition) is 1. The summed E-state index contributed by atoms with van der Waals surface area (Å²) in [5.41, 5.74) is 6.52. The lowest BCUT2D eigenvalue weighted by Gasteiger charge is -2.24. The number of nitrogens with one attached hydrogen (secondary N) is 1. The predicted octanol–water partition coefficient (Wildman–Crippen LogP) is 7.64. The third-order valence-electron chi connectivity index (χ3n) is 6.58. The van der Waals surface area contributed by atoms with Gasteiger partial charge in [0, 0.05) is 42.4 Å². The van der Waals surface area contributed by atoms with Gasteiger partial charge in [0.15, 0.2) is 12.1 Å². The molecular weight excluding hydrogens is 458 g/mol. The third kappa shape index (κ3) is 4.49. The fourth-order valence-electron chi connectivity index (χ4n) is 4.64. The van der Waals surface area contributed by atoms with Gasteiger partial charge in [-0.1, -0.05) is 60.7 Å². The summed E-state index contributed by atoms with van der Waals surface area (Å²) in [6.07, 6.45) is 1.58. The van der Waals surface area contributed by atoms with E-state index in [0.29, 0.717) is 0 Å². The van der Waals surface area contributed by atoms with Gasteiger partial charge < -0.3 is 14.6 Å². The zero-order valence-electron chi connectivity index (χ0n) is 20.7. The van der Waals surface area contributed by atoms with Crippen LogP contribution in [0.1, 0.15) is 17.2 Å². The fraction of sp³-hybridized carbons (Fsp3) is 0.129. The van der Waals surface area contributed by atoms with Crippen molar-refractivity contribution < 1.29 is 4.74 Å². The van der Waals surface area contributed by atoms with Crippen molar-refractivity contribution in [1.29, 1.82) is 0 Å². The van der Waals surface area contributed by atoms with Crippen molar-refractivity contribution in [3.05, 3.63) is 120 Å². The SMILES string of the molecule is CN(C)c1ccc(C2Oc3ccccc3N=C(c3c[nH]c4ccccc34)C2N=Nc2ccccc2)cc1. The van der Waals surface area contributed by atoms with Gasteiger partial charge in [-0.05, 0) is 48.0 Å². The maximum absolute atomic E-state index is 6.69. The van der Waals surface area contributed by atoms with Crippen LogP contribution < -0.4 is 9.64 Å². The van der Waals surface area contributed by atoms with Gasteiger partial charge in [0.2, 0.25) is 0 Å². The van der Waals surface area contributed by atoms with Gasteiger partial charge in [0.25, 0.3) is 0 Å². The summed E-state index contributed by atoms with van der Waals surface area (Å²) in [6.45, 7) is 0. The first-order chi connectivity index (χ1) is 18.2. The van der Waals surface area contributed by atoms with Crippen LogP contribution in [-0.2, 0) is 0 Å². The molecule has 1 aliphatic rings. The number of benzene rings is 4. The highest BCUT2D eigenvalue weighted by Crippen LogP contribution is 2.40. The largest absolute Gasteiger partial charge is 0.481 e. The molecule has 0 saturated heterocycles. The summed E-state index contributed by atoms with van der Waals surface area (Å²) < 4.78 is 6.69. The molecule has 4 aromatic carbocycles. The van der Waals surface area contributed by atoms with E-state index in [9.17, 15) is 0 Å². The van der Waals surface area contributed by atoms with Gasteiger partial charge >= 0.3 is 0 Å².